The molecule has 1 aromatic heterocycles. The summed E-state index contributed by atoms with van der Waals surface area (Å²) in [5.41, 5.74) is 1.16. The molecule has 2 rings (SSSR count). The van der Waals surface area contributed by atoms with Gasteiger partial charge in [0.2, 0.25) is 0 Å². The van der Waals surface area contributed by atoms with Crippen molar-refractivity contribution in [1.29, 1.82) is 0 Å². The van der Waals surface area contributed by atoms with Crippen LogP contribution in [0.15, 0.2) is 6.07 Å². The van der Waals surface area contributed by atoms with Crippen molar-refractivity contribution in [3.8, 4) is 0 Å². The Morgan fingerprint density at radius 3 is 2.68 bits per heavy atom. The maximum absolute atomic E-state index is 5.13. The first-order valence-electron chi connectivity index (χ1n) is 6.72. The number of methoxy groups -OCH3 is 1. The second kappa shape index (κ2) is 5.43. The molecule has 0 atom stereocenters. The summed E-state index contributed by atoms with van der Waals surface area (Å²) in [6.07, 6.45) is 0. The number of aryl methyl sites for hydroxylation is 1. The van der Waals surface area contributed by atoms with E-state index in [1.54, 1.807) is 7.11 Å². The number of hydrogen-bond acceptors (Lipinski definition) is 5. The highest BCUT2D eigenvalue weighted by Gasteiger charge is 2.31. The van der Waals surface area contributed by atoms with Crippen LogP contribution in [0.25, 0.3) is 0 Å². The van der Waals surface area contributed by atoms with E-state index in [9.17, 15) is 0 Å². The van der Waals surface area contributed by atoms with Gasteiger partial charge in [0.1, 0.15) is 12.4 Å². The summed E-state index contributed by atoms with van der Waals surface area (Å²) >= 11 is 0. The molecule has 5 heteroatoms. The molecule has 0 radical (unpaired) electrons. The lowest BCUT2D eigenvalue weighted by atomic mass is 10.00. The maximum atomic E-state index is 5.13. The first kappa shape index (κ1) is 14.2. The number of piperazine rings is 1. The van der Waals surface area contributed by atoms with Crippen LogP contribution in [0.4, 0.5) is 5.82 Å². The highest BCUT2D eigenvalue weighted by atomic mass is 16.5. The molecule has 0 bridgehead atoms. The maximum Gasteiger partial charge on any atom is 0.156 e. The fourth-order valence-electron chi connectivity index (χ4n) is 2.40. The molecule has 1 aromatic rings. The van der Waals surface area contributed by atoms with Crippen LogP contribution in [0.2, 0.25) is 0 Å². The Balaban J connectivity index is 2.22. The van der Waals surface area contributed by atoms with Crippen LogP contribution in [0.1, 0.15) is 25.4 Å². The molecule has 1 aliphatic rings. The summed E-state index contributed by atoms with van der Waals surface area (Å²) in [6.45, 7) is 10.0. The minimum Gasteiger partial charge on any atom is -0.377 e. The number of likely N-dealkylation sites (N-methyl/N-ethyl adjacent to an activating group) is 1. The first-order valence-corrected chi connectivity index (χ1v) is 6.72. The topological polar surface area (TPSA) is 41.5 Å². The molecular weight excluding hydrogens is 240 g/mol. The molecule has 0 aliphatic carbocycles. The van der Waals surface area contributed by atoms with Crippen molar-refractivity contribution in [1.82, 2.24) is 14.9 Å². The summed E-state index contributed by atoms with van der Waals surface area (Å²) in [4.78, 5) is 13.7. The lowest BCUT2D eigenvalue weighted by molar-refractivity contribution is 0.138. The summed E-state index contributed by atoms with van der Waals surface area (Å²) < 4.78 is 5.13. The second-order valence-electron chi connectivity index (χ2n) is 5.87. The number of aromatic nitrogens is 2. The van der Waals surface area contributed by atoms with Gasteiger partial charge in [0.05, 0.1) is 0 Å². The zero-order valence-electron chi connectivity index (χ0n) is 12.6. The lowest BCUT2D eigenvalue weighted by Crippen LogP contribution is -2.58. The van der Waals surface area contributed by atoms with E-state index in [1.807, 2.05) is 6.92 Å². The Labute approximate surface area is 115 Å². The van der Waals surface area contributed by atoms with E-state index in [-0.39, 0.29) is 5.54 Å². The molecule has 0 aromatic carbocycles. The van der Waals surface area contributed by atoms with Gasteiger partial charge in [0.25, 0.3) is 0 Å². The summed E-state index contributed by atoms with van der Waals surface area (Å²) in [6, 6.07) is 2.06. The van der Waals surface area contributed by atoms with Crippen LogP contribution in [0.5, 0.6) is 0 Å². The predicted octanol–water partition coefficient (Wildman–Crippen LogP) is 1.46. The second-order valence-corrected chi connectivity index (χ2v) is 5.87. The van der Waals surface area contributed by atoms with Crippen molar-refractivity contribution in [2.45, 2.75) is 32.9 Å². The highest BCUT2D eigenvalue weighted by Crippen LogP contribution is 2.23. The molecule has 0 spiro atoms. The van der Waals surface area contributed by atoms with E-state index < -0.39 is 0 Å². The van der Waals surface area contributed by atoms with Crippen molar-refractivity contribution in [2.75, 3.05) is 38.7 Å². The fraction of sp³-hybridized carbons (Fsp3) is 0.714. The predicted molar refractivity (Wildman–Crippen MR) is 76.4 cm³/mol. The monoisotopic (exact) mass is 264 g/mol. The van der Waals surface area contributed by atoms with Gasteiger partial charge in [-0.05, 0) is 27.8 Å². The Morgan fingerprint density at radius 1 is 1.32 bits per heavy atom. The van der Waals surface area contributed by atoms with E-state index in [0.29, 0.717) is 6.61 Å². The SMILES string of the molecule is COCc1nc(C)cc(N2CCN(C)C(C)(C)C2)n1. The van der Waals surface area contributed by atoms with Crippen molar-refractivity contribution < 1.29 is 4.74 Å². The third kappa shape index (κ3) is 3.22. The third-order valence-electron chi connectivity index (χ3n) is 3.80. The molecule has 5 nitrogen and oxygen atoms in total. The zero-order valence-corrected chi connectivity index (χ0v) is 12.6. The largest absolute Gasteiger partial charge is 0.377 e. The van der Waals surface area contributed by atoms with E-state index in [1.165, 1.54) is 0 Å². The number of anilines is 1. The summed E-state index contributed by atoms with van der Waals surface area (Å²) in [5, 5.41) is 0. The molecule has 0 unspecified atom stereocenters. The molecule has 1 fully saturated rings. The molecule has 106 valence electrons. The third-order valence-corrected chi connectivity index (χ3v) is 3.80. The lowest BCUT2D eigenvalue weighted by Gasteiger charge is -2.45. The van der Waals surface area contributed by atoms with Crippen LogP contribution < -0.4 is 4.90 Å². The Kier molecular flexibility index (Phi) is 4.06. The minimum atomic E-state index is 0.165. The molecule has 1 saturated heterocycles. The van der Waals surface area contributed by atoms with Gasteiger partial charge in [0, 0.05) is 44.0 Å². The number of nitrogens with zero attached hydrogens (tertiary/aromatic N) is 4. The molecule has 0 N–H and O–H groups in total. The Morgan fingerprint density at radius 2 is 2.05 bits per heavy atom. The highest BCUT2D eigenvalue weighted by molar-refractivity contribution is 5.41. The standard InChI is InChI=1S/C14H24N4O/c1-11-8-13(16-12(15-11)9-19-5)18-7-6-17(4)14(2,3)10-18/h8H,6-7,9-10H2,1-5H3. The summed E-state index contributed by atoms with van der Waals surface area (Å²) in [7, 11) is 3.85. The average molecular weight is 264 g/mol. The van der Waals surface area contributed by atoms with Gasteiger partial charge in [0.15, 0.2) is 5.82 Å². The van der Waals surface area contributed by atoms with Crippen molar-refractivity contribution >= 4 is 5.82 Å². The minimum absolute atomic E-state index is 0.165. The van der Waals surface area contributed by atoms with E-state index in [4.69, 9.17) is 4.74 Å². The molecule has 19 heavy (non-hydrogen) atoms. The van der Waals surface area contributed by atoms with Gasteiger partial charge in [-0.1, -0.05) is 0 Å². The Bertz CT molecular complexity index is 447. The number of rotatable bonds is 3. The Hall–Kier alpha value is -1.20. The van der Waals surface area contributed by atoms with Gasteiger partial charge >= 0.3 is 0 Å². The van der Waals surface area contributed by atoms with Gasteiger partial charge in [-0.25, -0.2) is 9.97 Å². The molecule has 2 heterocycles. The van der Waals surface area contributed by atoms with Crippen LogP contribution in [0, 0.1) is 6.92 Å². The summed E-state index contributed by atoms with van der Waals surface area (Å²) in [5.74, 6) is 1.77. The van der Waals surface area contributed by atoms with E-state index in [0.717, 1.165) is 37.0 Å². The quantitative estimate of drug-likeness (QED) is 0.827. The van der Waals surface area contributed by atoms with Crippen molar-refractivity contribution in [2.24, 2.45) is 0 Å². The van der Waals surface area contributed by atoms with E-state index >= 15 is 0 Å². The van der Waals surface area contributed by atoms with E-state index in [2.05, 4.69) is 46.7 Å². The van der Waals surface area contributed by atoms with Gasteiger partial charge in [-0.15, -0.1) is 0 Å². The smallest absolute Gasteiger partial charge is 0.156 e. The van der Waals surface area contributed by atoms with Gasteiger partial charge in [-0.2, -0.15) is 0 Å². The van der Waals surface area contributed by atoms with Gasteiger partial charge < -0.3 is 9.64 Å². The number of hydrogen-bond donors (Lipinski definition) is 0. The van der Waals surface area contributed by atoms with Crippen LogP contribution in [-0.2, 0) is 11.3 Å². The molecule has 1 aliphatic heterocycles. The number of ether oxygens (including phenoxy) is 1. The normalized spacial score (nSPS) is 19.7. The fourth-order valence-corrected chi connectivity index (χ4v) is 2.40. The van der Waals surface area contributed by atoms with Crippen molar-refractivity contribution in [3.63, 3.8) is 0 Å². The zero-order chi connectivity index (χ0) is 14.0. The molecule has 0 amide bonds. The van der Waals surface area contributed by atoms with Crippen LogP contribution in [0.3, 0.4) is 0 Å². The first-order chi connectivity index (χ1) is 8.92. The molecule has 0 saturated carbocycles. The van der Waals surface area contributed by atoms with Crippen molar-refractivity contribution in [3.05, 3.63) is 17.6 Å². The van der Waals surface area contributed by atoms with Crippen LogP contribution in [-0.4, -0.2) is 54.2 Å². The molecular formula is C14H24N4O. The average Bonchev–Trinajstić information content (AvgIpc) is 2.32. The van der Waals surface area contributed by atoms with Gasteiger partial charge in [-0.3, -0.25) is 4.90 Å². The van der Waals surface area contributed by atoms with Crippen LogP contribution >= 0.6 is 0 Å².